The second-order valence-corrected chi connectivity index (χ2v) is 10.2. The minimum atomic E-state index is -0.173. The lowest BCUT2D eigenvalue weighted by Gasteiger charge is -2.34. The van der Waals surface area contributed by atoms with Crippen molar-refractivity contribution in [2.45, 2.75) is 49.0 Å². The number of imidazole rings is 1. The zero-order chi connectivity index (χ0) is 21.7. The Bertz CT molecular complexity index is 1140. The van der Waals surface area contributed by atoms with Gasteiger partial charge in [-0.1, -0.05) is 0 Å². The summed E-state index contributed by atoms with van der Waals surface area (Å²) in [6, 6.07) is 4.14. The molecule has 8 nitrogen and oxygen atoms in total. The van der Waals surface area contributed by atoms with Gasteiger partial charge >= 0.3 is 0 Å². The number of hydrogen-bond donors (Lipinski definition) is 1. The van der Waals surface area contributed by atoms with Gasteiger partial charge < -0.3 is 14.8 Å². The van der Waals surface area contributed by atoms with E-state index in [0.717, 1.165) is 92.4 Å². The Morgan fingerprint density at radius 3 is 2.75 bits per heavy atom. The van der Waals surface area contributed by atoms with Crippen LogP contribution in [0.4, 0.5) is 5.82 Å². The summed E-state index contributed by atoms with van der Waals surface area (Å²) in [5, 5.41) is 4.59. The summed E-state index contributed by atoms with van der Waals surface area (Å²) in [5.74, 6) is 2.26. The molecule has 6 rings (SSSR count). The lowest BCUT2D eigenvalue weighted by Crippen LogP contribution is -2.44. The highest BCUT2D eigenvalue weighted by Gasteiger charge is 2.50. The summed E-state index contributed by atoms with van der Waals surface area (Å²) in [6.45, 7) is 3.53. The monoisotopic (exact) mass is 451 g/mol. The molecule has 1 atom stereocenters. The van der Waals surface area contributed by atoms with Crippen LogP contribution in [0.15, 0.2) is 29.4 Å². The van der Waals surface area contributed by atoms with Crippen molar-refractivity contribution in [2.24, 2.45) is 5.92 Å². The maximum atomic E-state index is 12.9. The summed E-state index contributed by atoms with van der Waals surface area (Å²) in [5.41, 5.74) is 1.52. The number of H-pyrrole nitrogens is 1. The number of aromatic amines is 1. The van der Waals surface area contributed by atoms with E-state index >= 15 is 0 Å². The topological polar surface area (TPSA) is 82.9 Å². The normalized spacial score (nSPS) is 22.6. The highest BCUT2D eigenvalue weighted by Crippen LogP contribution is 2.48. The van der Waals surface area contributed by atoms with Gasteiger partial charge in [0.05, 0.1) is 17.6 Å². The first-order chi connectivity index (χ1) is 15.7. The molecule has 1 amide bonds. The van der Waals surface area contributed by atoms with Gasteiger partial charge in [0.2, 0.25) is 5.91 Å². The number of aromatic nitrogens is 5. The van der Waals surface area contributed by atoms with E-state index in [1.165, 1.54) is 0 Å². The molecule has 1 saturated carbocycles. The molecule has 1 aliphatic carbocycles. The number of piperidine rings is 1. The van der Waals surface area contributed by atoms with E-state index in [1.54, 1.807) is 11.8 Å². The summed E-state index contributed by atoms with van der Waals surface area (Å²) < 4.78 is 2.05. The molecule has 5 heterocycles. The molecule has 0 spiro atoms. The number of hydrogen-bond acceptors (Lipinski definition) is 6. The third-order valence-electron chi connectivity index (χ3n) is 7.24. The van der Waals surface area contributed by atoms with E-state index in [1.807, 2.05) is 6.20 Å². The van der Waals surface area contributed by atoms with Gasteiger partial charge in [0, 0.05) is 37.3 Å². The van der Waals surface area contributed by atoms with Crippen molar-refractivity contribution < 1.29 is 4.79 Å². The number of nitrogens with zero attached hydrogens (tertiary/aromatic N) is 6. The third-order valence-corrected chi connectivity index (χ3v) is 7.92. The van der Waals surface area contributed by atoms with Gasteiger partial charge in [-0.05, 0) is 56.9 Å². The third kappa shape index (κ3) is 3.37. The Hall–Kier alpha value is -2.55. The minimum Gasteiger partial charge on any atom is -0.356 e. The zero-order valence-corrected chi connectivity index (χ0v) is 19.3. The van der Waals surface area contributed by atoms with E-state index < -0.39 is 0 Å². The molecule has 2 saturated heterocycles. The molecule has 3 aromatic heterocycles. The van der Waals surface area contributed by atoms with Gasteiger partial charge in [-0.2, -0.15) is 5.10 Å². The van der Waals surface area contributed by atoms with Gasteiger partial charge in [-0.15, -0.1) is 11.8 Å². The number of pyridine rings is 1. The maximum absolute atomic E-state index is 12.9. The summed E-state index contributed by atoms with van der Waals surface area (Å²) >= 11 is 1.70. The number of amides is 1. The number of carbonyl (C=O) groups is 1. The summed E-state index contributed by atoms with van der Waals surface area (Å²) in [6.07, 6.45) is 12.4. The van der Waals surface area contributed by atoms with E-state index in [9.17, 15) is 4.79 Å². The standard InChI is InChI=1S/C23H29N7OS/c1-32-17-13-24-30(15-17)23(8-9-23)22-25-18-6-7-19(26-20(18)27-22)29-12-4-5-16(14-29)21(31)28-10-2-3-11-28/h6-7,13,15-16H,2-5,8-12,14H2,1H3,(H,25,26,27). The number of fused-ring (bicyclic) bond motifs is 1. The van der Waals surface area contributed by atoms with Crippen LogP contribution in [0.2, 0.25) is 0 Å². The van der Waals surface area contributed by atoms with Crippen LogP contribution in [0.5, 0.6) is 0 Å². The van der Waals surface area contributed by atoms with Crippen molar-refractivity contribution >= 4 is 34.7 Å². The molecule has 168 valence electrons. The van der Waals surface area contributed by atoms with Crippen LogP contribution in [0.1, 0.15) is 44.3 Å². The molecule has 2 aliphatic heterocycles. The van der Waals surface area contributed by atoms with Gasteiger partial charge in [-0.25, -0.2) is 9.97 Å². The number of rotatable bonds is 5. The molecule has 0 aromatic carbocycles. The second-order valence-electron chi connectivity index (χ2n) is 9.30. The lowest BCUT2D eigenvalue weighted by molar-refractivity contribution is -0.134. The van der Waals surface area contributed by atoms with Gasteiger partial charge in [0.25, 0.3) is 0 Å². The van der Waals surface area contributed by atoms with E-state index in [-0.39, 0.29) is 11.5 Å². The molecular formula is C23H29N7OS. The molecule has 0 bridgehead atoms. The number of nitrogens with one attached hydrogen (secondary N) is 1. The molecular weight excluding hydrogens is 422 g/mol. The van der Waals surface area contributed by atoms with Crippen molar-refractivity contribution in [2.75, 3.05) is 37.3 Å². The highest BCUT2D eigenvalue weighted by molar-refractivity contribution is 7.98. The SMILES string of the molecule is CSc1cnn(C2(c3nc4nc(N5CCCC(C(=O)N6CCCC6)C5)ccc4[nH]3)CC2)c1. The highest BCUT2D eigenvalue weighted by atomic mass is 32.2. The largest absolute Gasteiger partial charge is 0.356 e. The van der Waals surface area contributed by atoms with E-state index in [4.69, 9.17) is 9.97 Å². The van der Waals surface area contributed by atoms with Gasteiger partial charge in [-0.3, -0.25) is 9.48 Å². The van der Waals surface area contributed by atoms with Crippen molar-refractivity contribution in [1.82, 2.24) is 29.6 Å². The molecule has 3 aliphatic rings. The molecule has 9 heteroatoms. The smallest absolute Gasteiger partial charge is 0.227 e. The number of likely N-dealkylation sites (tertiary alicyclic amines) is 1. The zero-order valence-electron chi connectivity index (χ0n) is 18.5. The fraction of sp³-hybridized carbons (Fsp3) is 0.565. The molecule has 3 aromatic rings. The second kappa shape index (κ2) is 7.79. The minimum absolute atomic E-state index is 0.0780. The lowest BCUT2D eigenvalue weighted by atomic mass is 9.96. The fourth-order valence-electron chi connectivity index (χ4n) is 5.20. The van der Waals surface area contributed by atoms with Crippen molar-refractivity contribution in [3.8, 4) is 0 Å². The Morgan fingerprint density at radius 2 is 2.00 bits per heavy atom. The van der Waals surface area contributed by atoms with Crippen molar-refractivity contribution in [3.05, 3.63) is 30.4 Å². The van der Waals surface area contributed by atoms with Crippen LogP contribution in [0.3, 0.4) is 0 Å². The molecule has 1 N–H and O–H groups in total. The molecule has 3 fully saturated rings. The first-order valence-corrected chi connectivity index (χ1v) is 12.9. The first-order valence-electron chi connectivity index (χ1n) is 11.7. The molecule has 1 unspecified atom stereocenters. The van der Waals surface area contributed by atoms with E-state index in [2.05, 4.69) is 49.1 Å². The van der Waals surface area contributed by atoms with Crippen LogP contribution in [0.25, 0.3) is 11.2 Å². The molecule has 32 heavy (non-hydrogen) atoms. The predicted molar refractivity (Wildman–Crippen MR) is 125 cm³/mol. The van der Waals surface area contributed by atoms with E-state index in [0.29, 0.717) is 5.91 Å². The Labute approximate surface area is 191 Å². The maximum Gasteiger partial charge on any atom is 0.227 e. The van der Waals surface area contributed by atoms with Gasteiger partial charge in [0.1, 0.15) is 17.2 Å². The van der Waals surface area contributed by atoms with Crippen molar-refractivity contribution in [3.63, 3.8) is 0 Å². The number of anilines is 1. The average Bonchev–Trinajstić information content (AvgIpc) is 3.25. The number of thioether (sulfide) groups is 1. The average molecular weight is 452 g/mol. The first kappa shape index (κ1) is 20.1. The Morgan fingerprint density at radius 1 is 1.16 bits per heavy atom. The summed E-state index contributed by atoms with van der Waals surface area (Å²) in [7, 11) is 0. The Kier molecular flexibility index (Phi) is 4.89. The Balaban J connectivity index is 1.24. The fourth-order valence-corrected chi connectivity index (χ4v) is 5.56. The number of carbonyl (C=O) groups excluding carboxylic acids is 1. The quantitative estimate of drug-likeness (QED) is 0.600. The summed E-state index contributed by atoms with van der Waals surface area (Å²) in [4.78, 5) is 31.7. The van der Waals surface area contributed by atoms with Crippen molar-refractivity contribution in [1.29, 1.82) is 0 Å². The van der Waals surface area contributed by atoms with Gasteiger partial charge in [0.15, 0.2) is 5.65 Å². The van der Waals surface area contributed by atoms with Crippen LogP contribution in [0, 0.1) is 5.92 Å². The van der Waals surface area contributed by atoms with Crippen LogP contribution in [-0.4, -0.2) is 68.0 Å². The van der Waals surface area contributed by atoms with Crippen LogP contribution < -0.4 is 4.90 Å². The van der Waals surface area contributed by atoms with Crippen LogP contribution >= 0.6 is 11.8 Å². The predicted octanol–water partition coefficient (Wildman–Crippen LogP) is 3.25. The molecule has 0 radical (unpaired) electrons. The van der Waals surface area contributed by atoms with Crippen LogP contribution in [-0.2, 0) is 10.3 Å².